The maximum absolute atomic E-state index is 15.4. The van der Waals surface area contributed by atoms with Crippen LogP contribution >= 0.6 is 28.4 Å². The van der Waals surface area contributed by atoms with Gasteiger partial charge in [0.05, 0.1) is 12.1 Å². The Morgan fingerprint density at radius 3 is 2.71 bits per heavy atom. The zero-order valence-corrected chi connectivity index (χ0v) is 23.6. The molecule has 3 N–H and O–H groups in total. The maximum atomic E-state index is 15.4. The Balaban J connectivity index is 0.00000127. The number of anilines is 3. The second-order valence-electron chi connectivity index (χ2n) is 7.55. The lowest BCUT2D eigenvalue weighted by Gasteiger charge is -2.15. The third kappa shape index (κ3) is 6.87. The molecule has 0 amide bonds. The minimum Gasteiger partial charge on any atom is -0.483 e. The lowest BCUT2D eigenvalue weighted by Crippen LogP contribution is -2.08. The summed E-state index contributed by atoms with van der Waals surface area (Å²) in [6.45, 7) is 4.12. The Labute approximate surface area is 232 Å². The van der Waals surface area contributed by atoms with Crippen molar-refractivity contribution in [2.24, 2.45) is 0 Å². The third-order valence-corrected chi connectivity index (χ3v) is 7.22. The summed E-state index contributed by atoms with van der Waals surface area (Å²) in [5, 5.41) is 12.8. The highest BCUT2D eigenvalue weighted by Gasteiger charge is 2.19. The van der Waals surface area contributed by atoms with Crippen LogP contribution in [0.4, 0.5) is 26.0 Å². The SMILES string of the molecule is C/C=C\C(=C/CC)CNc1ccc(F)c(Nc2ncccc2-c2ncnc3c2ncn3PI)c1F.O=CO. The molecule has 198 valence electrons. The van der Waals surface area contributed by atoms with Gasteiger partial charge in [-0.2, -0.15) is 0 Å². The van der Waals surface area contributed by atoms with E-state index in [1.54, 1.807) is 24.7 Å². The van der Waals surface area contributed by atoms with E-state index < -0.39 is 11.6 Å². The smallest absolute Gasteiger partial charge is 0.290 e. The molecule has 0 aliphatic carbocycles. The van der Waals surface area contributed by atoms with Crippen molar-refractivity contribution < 1.29 is 18.7 Å². The molecule has 3 heterocycles. The van der Waals surface area contributed by atoms with E-state index in [1.165, 1.54) is 18.5 Å². The Morgan fingerprint density at radius 1 is 1.21 bits per heavy atom. The number of rotatable bonds is 9. The van der Waals surface area contributed by atoms with Gasteiger partial charge in [-0.05, 0) is 65.2 Å². The quantitative estimate of drug-likeness (QED) is 0.0790. The zero-order valence-electron chi connectivity index (χ0n) is 20.5. The Morgan fingerprint density at radius 2 is 2.00 bits per heavy atom. The van der Waals surface area contributed by atoms with E-state index in [4.69, 9.17) is 9.90 Å². The molecule has 13 heteroatoms. The van der Waals surface area contributed by atoms with Crippen molar-refractivity contribution in [1.82, 2.24) is 24.3 Å². The van der Waals surface area contributed by atoms with Gasteiger partial charge < -0.3 is 15.7 Å². The number of benzene rings is 1. The highest BCUT2D eigenvalue weighted by atomic mass is 127. The van der Waals surface area contributed by atoms with Gasteiger partial charge in [0.25, 0.3) is 6.47 Å². The highest BCUT2D eigenvalue weighted by molar-refractivity contribution is 14.2. The van der Waals surface area contributed by atoms with E-state index in [9.17, 15) is 4.39 Å². The number of fused-ring (bicyclic) bond motifs is 1. The van der Waals surface area contributed by atoms with Crippen molar-refractivity contribution in [3.8, 4) is 11.3 Å². The Bertz CT molecular complexity index is 1460. The van der Waals surface area contributed by atoms with Gasteiger partial charge in [-0.3, -0.25) is 9.13 Å². The Hall–Kier alpha value is -3.51. The predicted molar refractivity (Wildman–Crippen MR) is 156 cm³/mol. The van der Waals surface area contributed by atoms with Crippen LogP contribution in [0.3, 0.4) is 0 Å². The fourth-order valence-corrected chi connectivity index (χ4v) is 4.99. The molecule has 3 aromatic heterocycles. The van der Waals surface area contributed by atoms with Crippen molar-refractivity contribution >= 4 is 63.2 Å². The average Bonchev–Trinajstić information content (AvgIpc) is 3.35. The van der Waals surface area contributed by atoms with Crippen LogP contribution in [-0.2, 0) is 4.79 Å². The molecule has 0 saturated heterocycles. The van der Waals surface area contributed by atoms with E-state index in [2.05, 4.69) is 58.7 Å². The minimum absolute atomic E-state index is 0.184. The van der Waals surface area contributed by atoms with Gasteiger partial charge in [0, 0.05) is 18.3 Å². The van der Waals surface area contributed by atoms with Crippen molar-refractivity contribution in [1.29, 1.82) is 0 Å². The number of halogens is 3. The molecule has 9 nitrogen and oxygen atoms in total. The molecule has 0 aliphatic heterocycles. The zero-order chi connectivity index (χ0) is 27.5. The molecule has 0 fully saturated rings. The number of imidazole rings is 1. The number of nitrogens with one attached hydrogen (secondary N) is 2. The van der Waals surface area contributed by atoms with Crippen molar-refractivity contribution in [2.45, 2.75) is 20.3 Å². The van der Waals surface area contributed by atoms with E-state index in [-0.39, 0.29) is 23.7 Å². The maximum Gasteiger partial charge on any atom is 0.290 e. The van der Waals surface area contributed by atoms with Crippen LogP contribution < -0.4 is 10.6 Å². The van der Waals surface area contributed by atoms with Gasteiger partial charge >= 0.3 is 0 Å². The summed E-state index contributed by atoms with van der Waals surface area (Å²) in [7, 11) is 0. The molecule has 4 rings (SSSR count). The normalized spacial score (nSPS) is 11.7. The van der Waals surface area contributed by atoms with Gasteiger partial charge in [-0.1, -0.05) is 25.2 Å². The number of carboxylic acid groups (broad SMARTS) is 1. The first kappa shape index (κ1) is 29.1. The third-order valence-electron chi connectivity index (χ3n) is 5.15. The van der Waals surface area contributed by atoms with Crippen LogP contribution in [0, 0.1) is 11.6 Å². The first-order valence-electron chi connectivity index (χ1n) is 11.4. The monoisotopic (exact) mass is 651 g/mol. The summed E-state index contributed by atoms with van der Waals surface area (Å²) < 4.78 is 32.1. The average molecular weight is 651 g/mol. The van der Waals surface area contributed by atoms with Gasteiger partial charge in [-0.15, -0.1) is 0 Å². The first-order chi connectivity index (χ1) is 18.5. The molecule has 0 radical (unpaired) electrons. The fraction of sp³-hybridized carbons (Fsp3) is 0.160. The molecule has 0 spiro atoms. The minimum atomic E-state index is -0.735. The van der Waals surface area contributed by atoms with Crippen LogP contribution in [0.5, 0.6) is 0 Å². The summed E-state index contributed by atoms with van der Waals surface area (Å²) in [6, 6.07) is 6.12. The number of pyridine rings is 1. The van der Waals surface area contributed by atoms with E-state index in [0.29, 0.717) is 35.3 Å². The number of carbonyl (C=O) groups is 1. The van der Waals surface area contributed by atoms with Crippen molar-refractivity contribution in [2.75, 3.05) is 17.2 Å². The molecule has 4 aromatic rings. The van der Waals surface area contributed by atoms with Gasteiger partial charge in [0.2, 0.25) is 0 Å². The van der Waals surface area contributed by atoms with Crippen LogP contribution in [-0.4, -0.2) is 42.4 Å². The molecule has 1 unspecified atom stereocenters. The molecular weight excluding hydrogens is 626 g/mol. The summed E-state index contributed by atoms with van der Waals surface area (Å²) >= 11 is 2.25. The molecule has 1 atom stereocenters. The summed E-state index contributed by atoms with van der Waals surface area (Å²) in [5.74, 6) is -1.21. The van der Waals surface area contributed by atoms with Crippen LogP contribution in [0.2, 0.25) is 0 Å². The number of nitrogens with zero attached hydrogens (tertiary/aromatic N) is 5. The largest absolute Gasteiger partial charge is 0.483 e. The molecule has 0 saturated carbocycles. The van der Waals surface area contributed by atoms with Crippen molar-refractivity contribution in [3.63, 3.8) is 0 Å². The molecule has 1 aromatic carbocycles. The number of allylic oxidation sites excluding steroid dienone is 2. The second kappa shape index (κ2) is 14.4. The second-order valence-corrected chi connectivity index (χ2v) is 9.65. The predicted octanol–water partition coefficient (Wildman–Crippen LogP) is 6.73. The van der Waals surface area contributed by atoms with Crippen LogP contribution in [0.1, 0.15) is 20.3 Å². The van der Waals surface area contributed by atoms with Gasteiger partial charge in [-0.25, -0.2) is 28.7 Å². The van der Waals surface area contributed by atoms with E-state index >= 15 is 4.39 Å². The molecule has 38 heavy (non-hydrogen) atoms. The Kier molecular flexibility index (Phi) is 11.0. The number of hydrogen-bond donors (Lipinski definition) is 3. The number of aromatic nitrogens is 5. The van der Waals surface area contributed by atoms with E-state index in [0.717, 1.165) is 12.0 Å². The lowest BCUT2D eigenvalue weighted by atomic mass is 10.1. The molecular formula is C25H25F2IN7O2P. The standard InChI is InChI=1S/C24H23F2IN7P.CH2O2/c1-3-6-15(7-4-2)12-29-18-10-9-17(25)21(19(18)26)33-23-16(8-5-11-28-23)20-22-24(31-13-30-20)34(35-27)14-32-22;2-1-3/h3,5-11,13-14,29,35H,4,12H2,1-2H3,(H,28,33);1H,(H,2,3)/b6-3-,15-7+;. The first-order valence-corrected chi connectivity index (χ1v) is 15.4. The van der Waals surface area contributed by atoms with Crippen LogP contribution in [0.25, 0.3) is 22.4 Å². The summed E-state index contributed by atoms with van der Waals surface area (Å²) in [4.78, 5) is 25.9. The number of hydrogen-bond acceptors (Lipinski definition) is 7. The van der Waals surface area contributed by atoms with Gasteiger partial charge in [0.15, 0.2) is 11.5 Å². The lowest BCUT2D eigenvalue weighted by molar-refractivity contribution is -0.122. The molecule has 0 bridgehead atoms. The fourth-order valence-electron chi connectivity index (χ4n) is 3.58. The topological polar surface area (TPSA) is 118 Å². The van der Waals surface area contributed by atoms with E-state index in [1.807, 2.05) is 30.3 Å². The molecule has 0 aliphatic rings. The summed E-state index contributed by atoms with van der Waals surface area (Å²) in [6.07, 6.45) is 11.9. The summed E-state index contributed by atoms with van der Waals surface area (Å²) in [5.41, 5.74) is 3.24. The van der Waals surface area contributed by atoms with Crippen LogP contribution in [0.15, 0.2) is 66.9 Å². The highest BCUT2D eigenvalue weighted by Crippen LogP contribution is 2.35. The van der Waals surface area contributed by atoms with Gasteiger partial charge in [0.1, 0.15) is 41.2 Å². The van der Waals surface area contributed by atoms with Crippen molar-refractivity contribution in [3.05, 3.63) is 78.6 Å².